The number of esters is 1. The van der Waals surface area contributed by atoms with Crippen LogP contribution >= 0.6 is 0 Å². The summed E-state index contributed by atoms with van der Waals surface area (Å²) >= 11 is 0. The fraction of sp³-hybridized carbons (Fsp3) is 0.222. The van der Waals surface area contributed by atoms with Gasteiger partial charge < -0.3 is 4.74 Å². The van der Waals surface area contributed by atoms with Gasteiger partial charge in [-0.05, 0) is 6.92 Å². The van der Waals surface area contributed by atoms with Crippen LogP contribution in [-0.4, -0.2) is 24.4 Å². The lowest BCUT2D eigenvalue weighted by Gasteiger charge is -1.90. The van der Waals surface area contributed by atoms with E-state index < -0.39 is 0 Å². The van der Waals surface area contributed by atoms with Gasteiger partial charge in [0.05, 0.1) is 6.61 Å². The van der Waals surface area contributed by atoms with E-state index in [2.05, 4.69) is 11.3 Å². The second-order valence-electron chi connectivity index (χ2n) is 2.14. The Kier molecular flexibility index (Phi) is 5.69. The summed E-state index contributed by atoms with van der Waals surface area (Å²) in [7, 11) is 0. The van der Waals surface area contributed by atoms with Crippen molar-refractivity contribution in [2.24, 2.45) is 0 Å². The lowest BCUT2D eigenvalue weighted by molar-refractivity contribution is -0.137. The van der Waals surface area contributed by atoms with Gasteiger partial charge >= 0.3 is 5.97 Å². The van der Waals surface area contributed by atoms with E-state index in [1.807, 2.05) is 5.32 Å². The Hall–Kier alpha value is -1.91. The topological polar surface area (TPSA) is 72.5 Å². The van der Waals surface area contributed by atoms with Gasteiger partial charge in [-0.25, -0.2) is 4.79 Å². The molecular formula is C9H11NO4. The molecule has 0 radical (unpaired) electrons. The highest BCUT2D eigenvalue weighted by Gasteiger charge is 2.06. The van der Waals surface area contributed by atoms with Crippen molar-refractivity contribution in [3.63, 3.8) is 0 Å². The van der Waals surface area contributed by atoms with E-state index in [-0.39, 0.29) is 17.8 Å². The Balaban J connectivity index is 0.000000241. The molecule has 5 nitrogen and oxygen atoms in total. The lowest BCUT2D eigenvalue weighted by atomic mass is 10.6. The minimum Gasteiger partial charge on any atom is -0.463 e. The van der Waals surface area contributed by atoms with Gasteiger partial charge in [-0.3, -0.25) is 14.9 Å². The van der Waals surface area contributed by atoms with Crippen LogP contribution in [0.1, 0.15) is 6.92 Å². The van der Waals surface area contributed by atoms with Crippen LogP contribution in [0.25, 0.3) is 0 Å². The monoisotopic (exact) mass is 197 g/mol. The van der Waals surface area contributed by atoms with E-state index in [1.165, 1.54) is 12.2 Å². The first kappa shape index (κ1) is 12.1. The molecule has 0 aromatic carbocycles. The molecule has 1 N–H and O–H groups in total. The number of ether oxygens (including phenoxy) is 1. The molecule has 1 rings (SSSR count). The minimum absolute atomic E-state index is 0.329. The van der Waals surface area contributed by atoms with Crippen molar-refractivity contribution in [2.45, 2.75) is 6.92 Å². The summed E-state index contributed by atoms with van der Waals surface area (Å²) in [5.41, 5.74) is 0. The van der Waals surface area contributed by atoms with Crippen molar-refractivity contribution in [3.8, 4) is 0 Å². The van der Waals surface area contributed by atoms with Crippen LogP contribution in [0.2, 0.25) is 0 Å². The van der Waals surface area contributed by atoms with Gasteiger partial charge in [0.2, 0.25) is 0 Å². The molecule has 0 unspecified atom stereocenters. The molecule has 0 aromatic heterocycles. The number of hydrogen-bond donors (Lipinski definition) is 1. The van der Waals surface area contributed by atoms with E-state index in [4.69, 9.17) is 0 Å². The summed E-state index contributed by atoms with van der Waals surface area (Å²) in [5.74, 6) is -1.02. The minimum atomic E-state index is -0.359. The molecule has 0 fully saturated rings. The van der Waals surface area contributed by atoms with Crippen molar-refractivity contribution < 1.29 is 19.1 Å². The SMILES string of the molecule is C=CC(=O)OCC.O=C1C=CC(=O)N1. The summed E-state index contributed by atoms with van der Waals surface area (Å²) in [6.07, 6.45) is 3.54. The van der Waals surface area contributed by atoms with Crippen LogP contribution < -0.4 is 5.32 Å². The van der Waals surface area contributed by atoms with Gasteiger partial charge in [0.15, 0.2) is 0 Å². The fourth-order valence-electron chi connectivity index (χ4n) is 0.557. The molecule has 2 amide bonds. The zero-order valence-corrected chi connectivity index (χ0v) is 7.78. The normalized spacial score (nSPS) is 12.6. The molecule has 0 bridgehead atoms. The number of imide groups is 1. The van der Waals surface area contributed by atoms with Crippen molar-refractivity contribution >= 4 is 17.8 Å². The number of carbonyl (C=O) groups excluding carboxylic acids is 3. The van der Waals surface area contributed by atoms with E-state index >= 15 is 0 Å². The van der Waals surface area contributed by atoms with Gasteiger partial charge in [-0.1, -0.05) is 6.58 Å². The summed E-state index contributed by atoms with van der Waals surface area (Å²) < 4.78 is 4.43. The van der Waals surface area contributed by atoms with Gasteiger partial charge in [-0.15, -0.1) is 0 Å². The van der Waals surface area contributed by atoms with Crippen LogP contribution in [0.4, 0.5) is 0 Å². The van der Waals surface area contributed by atoms with E-state index in [9.17, 15) is 14.4 Å². The number of hydrogen-bond acceptors (Lipinski definition) is 4. The van der Waals surface area contributed by atoms with Crippen LogP contribution in [0.5, 0.6) is 0 Å². The van der Waals surface area contributed by atoms with Crippen LogP contribution in [0.15, 0.2) is 24.8 Å². The second-order valence-corrected chi connectivity index (χ2v) is 2.14. The van der Waals surface area contributed by atoms with Crippen LogP contribution in [-0.2, 0) is 19.1 Å². The van der Waals surface area contributed by atoms with Crippen molar-refractivity contribution in [1.82, 2.24) is 5.32 Å². The molecule has 0 spiro atoms. The number of rotatable bonds is 2. The average molecular weight is 197 g/mol. The molecule has 0 saturated carbocycles. The Morgan fingerprint density at radius 3 is 2.14 bits per heavy atom. The van der Waals surface area contributed by atoms with Crippen molar-refractivity contribution in [2.75, 3.05) is 6.61 Å². The third kappa shape index (κ3) is 5.70. The summed E-state index contributed by atoms with van der Waals surface area (Å²) in [4.78, 5) is 30.1. The molecule has 1 aliphatic heterocycles. The fourth-order valence-corrected chi connectivity index (χ4v) is 0.557. The highest BCUT2D eigenvalue weighted by molar-refractivity contribution is 6.12. The molecule has 0 aliphatic carbocycles. The molecule has 0 saturated heterocycles. The molecule has 0 atom stereocenters. The first-order chi connectivity index (χ1) is 6.60. The lowest BCUT2D eigenvalue weighted by Crippen LogP contribution is -2.19. The van der Waals surface area contributed by atoms with Crippen LogP contribution in [0, 0.1) is 0 Å². The molecule has 76 valence electrons. The third-order valence-electron chi connectivity index (χ3n) is 1.09. The Labute approximate surface area is 81.4 Å². The summed E-state index contributed by atoms with van der Waals surface area (Å²) in [5, 5.41) is 2.03. The molecule has 5 heteroatoms. The summed E-state index contributed by atoms with van der Waals surface area (Å²) in [6, 6.07) is 0. The first-order valence-electron chi connectivity index (χ1n) is 3.92. The van der Waals surface area contributed by atoms with Crippen molar-refractivity contribution in [3.05, 3.63) is 24.8 Å². The van der Waals surface area contributed by atoms with E-state index in [1.54, 1.807) is 6.92 Å². The van der Waals surface area contributed by atoms with E-state index in [0.717, 1.165) is 6.08 Å². The van der Waals surface area contributed by atoms with Gasteiger partial charge in [0, 0.05) is 18.2 Å². The highest BCUT2D eigenvalue weighted by atomic mass is 16.5. The zero-order valence-electron chi connectivity index (χ0n) is 7.78. The maximum Gasteiger partial charge on any atom is 0.330 e. The molecule has 1 heterocycles. The Bertz CT molecular complexity index is 265. The second kappa shape index (κ2) is 6.59. The number of nitrogens with one attached hydrogen (secondary N) is 1. The number of amides is 2. The van der Waals surface area contributed by atoms with Gasteiger partial charge in [0.1, 0.15) is 0 Å². The first-order valence-corrected chi connectivity index (χ1v) is 3.92. The standard InChI is InChI=1S/C5H8O2.C4H3NO2/c1-3-5(6)7-4-2;6-3-1-2-4(7)5-3/h3H,1,4H2,2H3;1-2H,(H,5,6,7). The molecule has 0 aromatic rings. The maximum atomic E-state index is 10.1. The number of carbonyl (C=O) groups is 3. The summed E-state index contributed by atoms with van der Waals surface area (Å²) in [6.45, 7) is 5.38. The van der Waals surface area contributed by atoms with Crippen LogP contribution in [0.3, 0.4) is 0 Å². The molecular weight excluding hydrogens is 186 g/mol. The predicted octanol–water partition coefficient (Wildman–Crippen LogP) is -0.0655. The van der Waals surface area contributed by atoms with Gasteiger partial charge in [-0.2, -0.15) is 0 Å². The molecule has 14 heavy (non-hydrogen) atoms. The Morgan fingerprint density at radius 2 is 2.00 bits per heavy atom. The largest absolute Gasteiger partial charge is 0.463 e. The quantitative estimate of drug-likeness (QED) is 0.382. The van der Waals surface area contributed by atoms with Crippen molar-refractivity contribution in [1.29, 1.82) is 0 Å². The highest BCUT2D eigenvalue weighted by Crippen LogP contribution is 1.82. The van der Waals surface area contributed by atoms with Gasteiger partial charge in [0.25, 0.3) is 11.8 Å². The molecule has 1 aliphatic rings. The third-order valence-corrected chi connectivity index (χ3v) is 1.09. The Morgan fingerprint density at radius 1 is 1.50 bits per heavy atom. The average Bonchev–Trinajstić information content (AvgIpc) is 2.51. The smallest absolute Gasteiger partial charge is 0.330 e. The zero-order chi connectivity index (χ0) is 11.0. The maximum absolute atomic E-state index is 10.1. The predicted molar refractivity (Wildman–Crippen MR) is 49.1 cm³/mol. The van der Waals surface area contributed by atoms with E-state index in [0.29, 0.717) is 6.61 Å².